The molecule has 0 aliphatic heterocycles. The third-order valence-electron chi connectivity index (χ3n) is 4.76. The molecule has 2 atom stereocenters. The highest BCUT2D eigenvalue weighted by atomic mass is 79.9. The zero-order valence-corrected chi connectivity index (χ0v) is 15.3. The highest BCUT2D eigenvalue weighted by Crippen LogP contribution is 2.46. The minimum atomic E-state index is -0.821. The predicted octanol–water partition coefficient (Wildman–Crippen LogP) is 4.74. The molecule has 1 aliphatic rings. The molecule has 0 aromatic heterocycles. The lowest BCUT2D eigenvalue weighted by atomic mass is 9.81. The molecule has 0 radical (unpaired) electrons. The van der Waals surface area contributed by atoms with Gasteiger partial charge in [0, 0.05) is 22.4 Å². The van der Waals surface area contributed by atoms with E-state index in [4.69, 9.17) is 0 Å². The molecule has 0 spiro atoms. The Balaban J connectivity index is 2.26. The molecule has 1 N–H and O–H groups in total. The molecule has 0 amide bonds. The first-order valence-corrected chi connectivity index (χ1v) is 8.87. The van der Waals surface area contributed by atoms with E-state index in [0.717, 1.165) is 26.7 Å². The Bertz CT molecular complexity index is 826. The lowest BCUT2D eigenvalue weighted by Gasteiger charge is -2.22. The standard InChI is InChI=1S/C20H19BrO3/c1-3-17(22)14-8-11(2)9-16(21)19(14)18-13-7-5-4-6-12(13)10-15(18)20(23)24/h4-9,15,18H,3,10H2,1-2H3,(H,23,24). The molecule has 3 nitrogen and oxygen atoms in total. The van der Waals surface area contributed by atoms with Gasteiger partial charge in [-0.15, -0.1) is 0 Å². The van der Waals surface area contributed by atoms with Crippen LogP contribution in [-0.2, 0) is 11.2 Å². The number of carboxylic acid groups (broad SMARTS) is 1. The molecule has 0 saturated carbocycles. The van der Waals surface area contributed by atoms with Crippen molar-refractivity contribution in [3.63, 3.8) is 0 Å². The fraction of sp³-hybridized carbons (Fsp3) is 0.300. The van der Waals surface area contributed by atoms with Crippen molar-refractivity contribution in [1.29, 1.82) is 0 Å². The van der Waals surface area contributed by atoms with Gasteiger partial charge in [-0.2, -0.15) is 0 Å². The van der Waals surface area contributed by atoms with Crippen LogP contribution in [-0.4, -0.2) is 16.9 Å². The molecule has 2 unspecified atom stereocenters. The Kier molecular flexibility index (Phi) is 4.59. The SMILES string of the molecule is CCC(=O)c1cc(C)cc(Br)c1C1c2ccccc2CC1C(=O)O. The van der Waals surface area contributed by atoms with Gasteiger partial charge in [0.25, 0.3) is 0 Å². The fourth-order valence-corrected chi connectivity index (χ4v) is 4.49. The normalized spacial score (nSPS) is 19.1. The van der Waals surface area contributed by atoms with E-state index in [1.807, 2.05) is 50.2 Å². The van der Waals surface area contributed by atoms with Gasteiger partial charge in [0.1, 0.15) is 0 Å². The minimum Gasteiger partial charge on any atom is -0.481 e. The average molecular weight is 387 g/mol. The van der Waals surface area contributed by atoms with E-state index in [-0.39, 0.29) is 11.7 Å². The number of benzene rings is 2. The van der Waals surface area contributed by atoms with Crippen LogP contribution in [0.1, 0.15) is 51.9 Å². The van der Waals surface area contributed by atoms with Gasteiger partial charge < -0.3 is 5.11 Å². The quantitative estimate of drug-likeness (QED) is 0.772. The van der Waals surface area contributed by atoms with Crippen LogP contribution >= 0.6 is 15.9 Å². The van der Waals surface area contributed by atoms with Crippen LogP contribution in [0.25, 0.3) is 0 Å². The van der Waals surface area contributed by atoms with Crippen molar-refractivity contribution in [3.05, 3.63) is 68.7 Å². The number of carboxylic acids is 1. The molecule has 124 valence electrons. The van der Waals surface area contributed by atoms with Gasteiger partial charge in [-0.3, -0.25) is 9.59 Å². The number of fused-ring (bicyclic) bond motifs is 1. The van der Waals surface area contributed by atoms with E-state index in [0.29, 0.717) is 18.4 Å². The lowest BCUT2D eigenvalue weighted by Crippen LogP contribution is -2.22. The Hall–Kier alpha value is -1.94. The summed E-state index contributed by atoms with van der Waals surface area (Å²) in [7, 11) is 0. The number of Topliss-reactive ketones (excluding diaryl/α,β-unsaturated/α-hetero) is 1. The van der Waals surface area contributed by atoms with E-state index in [1.54, 1.807) is 0 Å². The van der Waals surface area contributed by atoms with Gasteiger partial charge in [0.05, 0.1) is 5.92 Å². The second-order valence-corrected chi connectivity index (χ2v) is 7.16. The summed E-state index contributed by atoms with van der Waals surface area (Å²) in [6.45, 7) is 3.78. The van der Waals surface area contributed by atoms with Gasteiger partial charge >= 0.3 is 5.97 Å². The number of rotatable bonds is 4. The maximum absolute atomic E-state index is 12.5. The van der Waals surface area contributed by atoms with E-state index in [2.05, 4.69) is 15.9 Å². The molecular formula is C20H19BrO3. The second-order valence-electron chi connectivity index (χ2n) is 6.31. The molecule has 0 saturated heterocycles. The van der Waals surface area contributed by atoms with Gasteiger partial charge in [0.2, 0.25) is 0 Å². The van der Waals surface area contributed by atoms with Gasteiger partial charge in [-0.05, 0) is 47.7 Å². The summed E-state index contributed by atoms with van der Waals surface area (Å²) >= 11 is 3.59. The topological polar surface area (TPSA) is 54.4 Å². The van der Waals surface area contributed by atoms with Crippen LogP contribution in [0.15, 0.2) is 40.9 Å². The van der Waals surface area contributed by atoms with Crippen LogP contribution < -0.4 is 0 Å². The molecular weight excluding hydrogens is 368 g/mol. The molecule has 4 heteroatoms. The first-order chi connectivity index (χ1) is 11.4. The van der Waals surface area contributed by atoms with E-state index in [9.17, 15) is 14.7 Å². The summed E-state index contributed by atoms with van der Waals surface area (Å²) in [5.41, 5.74) is 4.50. The van der Waals surface area contributed by atoms with Crippen LogP contribution in [0.5, 0.6) is 0 Å². The molecule has 1 aliphatic carbocycles. The van der Waals surface area contributed by atoms with E-state index >= 15 is 0 Å². The monoisotopic (exact) mass is 386 g/mol. The number of aliphatic carboxylic acids is 1. The summed E-state index contributed by atoms with van der Waals surface area (Å²) in [6.07, 6.45) is 0.894. The van der Waals surface area contributed by atoms with Gasteiger partial charge in [-0.25, -0.2) is 0 Å². The lowest BCUT2D eigenvalue weighted by molar-refractivity contribution is -0.141. The van der Waals surface area contributed by atoms with E-state index in [1.165, 1.54) is 0 Å². The maximum Gasteiger partial charge on any atom is 0.307 e. The number of carbonyl (C=O) groups is 2. The largest absolute Gasteiger partial charge is 0.481 e. The van der Waals surface area contributed by atoms with Crippen LogP contribution in [0.3, 0.4) is 0 Å². The van der Waals surface area contributed by atoms with Crippen molar-refractivity contribution in [2.24, 2.45) is 5.92 Å². The van der Waals surface area contributed by atoms with Crippen LogP contribution in [0.2, 0.25) is 0 Å². The van der Waals surface area contributed by atoms with E-state index < -0.39 is 11.9 Å². The van der Waals surface area contributed by atoms with Gasteiger partial charge in [0.15, 0.2) is 5.78 Å². The number of halogens is 1. The Morgan fingerprint density at radius 1 is 1.25 bits per heavy atom. The first kappa shape index (κ1) is 16.9. The van der Waals surface area contributed by atoms with Crippen LogP contribution in [0.4, 0.5) is 0 Å². The summed E-state index contributed by atoms with van der Waals surface area (Å²) in [6, 6.07) is 11.7. The number of aryl methyl sites for hydroxylation is 1. The summed E-state index contributed by atoms with van der Waals surface area (Å²) in [4.78, 5) is 24.4. The molecule has 2 aromatic rings. The predicted molar refractivity (Wildman–Crippen MR) is 96.6 cm³/mol. The van der Waals surface area contributed by atoms with Crippen LogP contribution in [0, 0.1) is 12.8 Å². The summed E-state index contributed by atoms with van der Waals surface area (Å²) in [5, 5.41) is 9.75. The maximum atomic E-state index is 12.5. The van der Waals surface area contributed by atoms with Crippen molar-refractivity contribution in [1.82, 2.24) is 0 Å². The minimum absolute atomic E-state index is 0.0444. The Morgan fingerprint density at radius 3 is 2.62 bits per heavy atom. The zero-order chi connectivity index (χ0) is 17.4. The van der Waals surface area contributed by atoms with Crippen molar-refractivity contribution in [2.45, 2.75) is 32.6 Å². The Morgan fingerprint density at radius 2 is 1.96 bits per heavy atom. The second kappa shape index (κ2) is 6.52. The summed E-state index contributed by atoms with van der Waals surface area (Å²) in [5.74, 6) is -1.63. The van der Waals surface area contributed by atoms with Crippen molar-refractivity contribution in [2.75, 3.05) is 0 Å². The molecule has 3 rings (SSSR count). The van der Waals surface area contributed by atoms with Gasteiger partial charge in [-0.1, -0.05) is 47.1 Å². The number of ketones is 1. The first-order valence-electron chi connectivity index (χ1n) is 8.07. The third-order valence-corrected chi connectivity index (χ3v) is 5.41. The highest BCUT2D eigenvalue weighted by Gasteiger charge is 2.40. The molecule has 0 bridgehead atoms. The summed E-state index contributed by atoms with van der Waals surface area (Å²) < 4.78 is 0.812. The zero-order valence-electron chi connectivity index (χ0n) is 13.7. The highest BCUT2D eigenvalue weighted by molar-refractivity contribution is 9.10. The number of carbonyl (C=O) groups excluding carboxylic acids is 1. The number of hydrogen-bond donors (Lipinski definition) is 1. The van der Waals surface area contributed by atoms with Crippen molar-refractivity contribution in [3.8, 4) is 0 Å². The molecule has 0 heterocycles. The molecule has 0 fully saturated rings. The van der Waals surface area contributed by atoms with Crippen molar-refractivity contribution < 1.29 is 14.7 Å². The van der Waals surface area contributed by atoms with Crippen molar-refractivity contribution >= 4 is 27.7 Å². The molecule has 24 heavy (non-hydrogen) atoms. The smallest absolute Gasteiger partial charge is 0.307 e. The fourth-order valence-electron chi connectivity index (χ4n) is 3.67. The third kappa shape index (κ3) is 2.80. The number of hydrogen-bond acceptors (Lipinski definition) is 2. The average Bonchev–Trinajstić information content (AvgIpc) is 2.93. The molecule has 2 aromatic carbocycles. The Labute approximate surface area is 149 Å².